The van der Waals surface area contributed by atoms with Gasteiger partial charge in [0.1, 0.15) is 11.5 Å². The molecule has 1 saturated heterocycles. The van der Waals surface area contributed by atoms with E-state index in [1.165, 1.54) is 22.5 Å². The number of carbonyl (C=O) groups is 1. The fourth-order valence-corrected chi connectivity index (χ4v) is 5.78. The van der Waals surface area contributed by atoms with Crippen LogP contribution in [-0.2, 0) is 26.1 Å². The number of rotatable bonds is 6. The fourth-order valence-electron chi connectivity index (χ4n) is 3.69. The van der Waals surface area contributed by atoms with Gasteiger partial charge in [0, 0.05) is 25.5 Å². The molecule has 2 heterocycles. The predicted molar refractivity (Wildman–Crippen MR) is 123 cm³/mol. The number of esters is 1. The maximum atomic E-state index is 13.2. The molecule has 4 rings (SSSR count). The molecular formula is C23H24ClN3O5S. The van der Waals surface area contributed by atoms with E-state index in [0.29, 0.717) is 0 Å². The number of carbonyl (C=O) groups excluding carboxylic acids is 1. The summed E-state index contributed by atoms with van der Waals surface area (Å²) in [7, 11) is -3.90. The number of morpholine rings is 1. The third kappa shape index (κ3) is 5.27. The molecule has 1 fully saturated rings. The highest BCUT2D eigenvalue weighted by atomic mass is 35.5. The maximum Gasteiger partial charge on any atom is 0.338 e. The zero-order chi connectivity index (χ0) is 23.6. The Kier molecular flexibility index (Phi) is 6.85. The van der Waals surface area contributed by atoms with Gasteiger partial charge in [-0.3, -0.25) is 0 Å². The number of ether oxygens (including phenoxy) is 2. The first-order valence-corrected chi connectivity index (χ1v) is 12.3. The Bertz CT molecular complexity index is 1220. The lowest BCUT2D eigenvalue weighted by atomic mass is 10.2. The van der Waals surface area contributed by atoms with Crippen molar-refractivity contribution >= 4 is 27.6 Å². The summed E-state index contributed by atoms with van der Waals surface area (Å²) in [6, 6.07) is 13.4. The maximum absolute atomic E-state index is 13.2. The average molecular weight is 490 g/mol. The Morgan fingerprint density at radius 3 is 2.48 bits per heavy atom. The molecule has 0 spiro atoms. The zero-order valence-electron chi connectivity index (χ0n) is 18.2. The van der Waals surface area contributed by atoms with Gasteiger partial charge in [0.05, 0.1) is 28.5 Å². The number of benzene rings is 2. The summed E-state index contributed by atoms with van der Waals surface area (Å²) in [6.45, 7) is 4.10. The van der Waals surface area contributed by atoms with Gasteiger partial charge in [0.15, 0.2) is 0 Å². The molecule has 2 unspecified atom stereocenters. The van der Waals surface area contributed by atoms with Gasteiger partial charge in [-0.25, -0.2) is 17.9 Å². The summed E-state index contributed by atoms with van der Waals surface area (Å²) in [5, 5.41) is 4.22. The summed E-state index contributed by atoms with van der Waals surface area (Å²) >= 11 is 6.21. The SMILES string of the molecule is CC1CN(S(=O)(=O)c2cc(C(=O)OCc3ccc(-n4cccn4)cc3)ccc2Cl)CC(C)O1. The summed E-state index contributed by atoms with van der Waals surface area (Å²) in [4.78, 5) is 12.5. The summed E-state index contributed by atoms with van der Waals surface area (Å²) < 4.78 is 40.5. The van der Waals surface area contributed by atoms with Crippen molar-refractivity contribution in [3.63, 3.8) is 0 Å². The van der Waals surface area contributed by atoms with Gasteiger partial charge in [0.2, 0.25) is 10.0 Å². The molecule has 1 aliphatic rings. The van der Waals surface area contributed by atoms with Crippen LogP contribution < -0.4 is 0 Å². The topological polar surface area (TPSA) is 90.7 Å². The first-order chi connectivity index (χ1) is 15.7. The molecule has 0 aliphatic carbocycles. The number of aromatic nitrogens is 2. The molecule has 1 aliphatic heterocycles. The van der Waals surface area contributed by atoms with Crippen LogP contribution >= 0.6 is 11.6 Å². The van der Waals surface area contributed by atoms with Crippen LogP contribution in [0.5, 0.6) is 0 Å². The lowest BCUT2D eigenvalue weighted by molar-refractivity contribution is -0.0440. The largest absolute Gasteiger partial charge is 0.457 e. The summed E-state index contributed by atoms with van der Waals surface area (Å²) in [5.41, 5.74) is 1.78. The van der Waals surface area contributed by atoms with Crippen molar-refractivity contribution in [2.24, 2.45) is 0 Å². The Labute approximate surface area is 197 Å². The summed E-state index contributed by atoms with van der Waals surface area (Å²) in [5.74, 6) is -0.636. The van der Waals surface area contributed by atoms with Crippen LogP contribution in [0.15, 0.2) is 65.8 Å². The number of halogens is 1. The second-order valence-corrected chi connectivity index (χ2v) is 10.2. The van der Waals surface area contributed by atoms with E-state index in [9.17, 15) is 13.2 Å². The van der Waals surface area contributed by atoms with E-state index in [4.69, 9.17) is 21.1 Å². The van der Waals surface area contributed by atoms with E-state index in [1.54, 1.807) is 10.9 Å². The second kappa shape index (κ2) is 9.64. The molecule has 2 atom stereocenters. The third-order valence-corrected chi connectivity index (χ3v) is 7.56. The summed E-state index contributed by atoms with van der Waals surface area (Å²) in [6.07, 6.45) is 3.04. The van der Waals surface area contributed by atoms with Gasteiger partial charge >= 0.3 is 5.97 Å². The van der Waals surface area contributed by atoms with Crippen molar-refractivity contribution in [3.8, 4) is 5.69 Å². The van der Waals surface area contributed by atoms with Crippen molar-refractivity contribution in [2.45, 2.75) is 37.6 Å². The van der Waals surface area contributed by atoms with Crippen LogP contribution in [0.2, 0.25) is 5.02 Å². The van der Waals surface area contributed by atoms with Crippen LogP contribution in [0, 0.1) is 0 Å². The normalized spacial score (nSPS) is 19.4. The third-order valence-electron chi connectivity index (χ3n) is 5.25. The van der Waals surface area contributed by atoms with Crippen LogP contribution in [0.25, 0.3) is 5.69 Å². The van der Waals surface area contributed by atoms with Gasteiger partial charge in [-0.05, 0) is 55.8 Å². The predicted octanol–water partition coefficient (Wildman–Crippen LogP) is 3.68. The van der Waals surface area contributed by atoms with E-state index in [1.807, 2.05) is 50.4 Å². The van der Waals surface area contributed by atoms with Crippen molar-refractivity contribution in [3.05, 3.63) is 77.1 Å². The quantitative estimate of drug-likeness (QED) is 0.490. The monoisotopic (exact) mass is 489 g/mol. The van der Waals surface area contributed by atoms with Crippen molar-refractivity contribution in [1.82, 2.24) is 14.1 Å². The molecule has 1 aromatic heterocycles. The van der Waals surface area contributed by atoms with Gasteiger partial charge < -0.3 is 9.47 Å². The lowest BCUT2D eigenvalue weighted by Crippen LogP contribution is -2.48. The molecular weight excluding hydrogens is 466 g/mol. The molecule has 0 saturated carbocycles. The number of hydrogen-bond acceptors (Lipinski definition) is 6. The van der Waals surface area contributed by atoms with Gasteiger partial charge in [0.25, 0.3) is 0 Å². The molecule has 3 aromatic rings. The number of sulfonamides is 1. The highest BCUT2D eigenvalue weighted by Crippen LogP contribution is 2.28. The van der Waals surface area contributed by atoms with E-state index in [0.717, 1.165) is 11.3 Å². The van der Waals surface area contributed by atoms with Crippen molar-refractivity contribution < 1.29 is 22.7 Å². The smallest absolute Gasteiger partial charge is 0.338 e. The number of hydrogen-bond donors (Lipinski definition) is 0. The van der Waals surface area contributed by atoms with Gasteiger partial charge in [-0.1, -0.05) is 23.7 Å². The van der Waals surface area contributed by atoms with Crippen molar-refractivity contribution in [2.75, 3.05) is 13.1 Å². The van der Waals surface area contributed by atoms with Gasteiger partial charge in [-0.2, -0.15) is 9.40 Å². The molecule has 174 valence electrons. The highest BCUT2D eigenvalue weighted by molar-refractivity contribution is 7.89. The minimum absolute atomic E-state index is 0.0431. The molecule has 0 radical (unpaired) electrons. The number of nitrogens with zero attached hydrogens (tertiary/aromatic N) is 3. The zero-order valence-corrected chi connectivity index (χ0v) is 19.8. The molecule has 8 nitrogen and oxygen atoms in total. The van der Waals surface area contributed by atoms with Crippen molar-refractivity contribution in [1.29, 1.82) is 0 Å². The molecule has 33 heavy (non-hydrogen) atoms. The molecule has 0 N–H and O–H groups in total. The Morgan fingerprint density at radius 2 is 1.85 bits per heavy atom. The first kappa shape index (κ1) is 23.4. The molecule has 0 bridgehead atoms. The Hall–Kier alpha value is -2.72. The molecule has 0 amide bonds. The standard InChI is InChI=1S/C23H24ClN3O5S/c1-16-13-26(14-17(2)32-16)33(29,30)22-12-19(6-9-21(22)24)23(28)31-15-18-4-7-20(8-5-18)27-11-3-10-25-27/h3-12,16-17H,13-15H2,1-2H3. The fraction of sp³-hybridized carbons (Fsp3) is 0.304. The lowest BCUT2D eigenvalue weighted by Gasteiger charge is -2.34. The molecule has 2 aromatic carbocycles. The Balaban J connectivity index is 1.47. The van der Waals surface area contributed by atoms with E-state index in [-0.39, 0.29) is 47.4 Å². The van der Waals surface area contributed by atoms with E-state index >= 15 is 0 Å². The highest BCUT2D eigenvalue weighted by Gasteiger charge is 2.34. The minimum Gasteiger partial charge on any atom is -0.457 e. The van der Waals surface area contributed by atoms with Crippen LogP contribution in [0.3, 0.4) is 0 Å². The first-order valence-electron chi connectivity index (χ1n) is 10.5. The van der Waals surface area contributed by atoms with E-state index in [2.05, 4.69) is 5.10 Å². The van der Waals surface area contributed by atoms with Gasteiger partial charge in [-0.15, -0.1) is 0 Å². The second-order valence-electron chi connectivity index (χ2n) is 7.92. The Morgan fingerprint density at radius 1 is 1.15 bits per heavy atom. The minimum atomic E-state index is -3.90. The van der Waals surface area contributed by atoms with Crippen LogP contribution in [-0.4, -0.2) is 53.8 Å². The van der Waals surface area contributed by atoms with Crippen LogP contribution in [0.1, 0.15) is 29.8 Å². The van der Waals surface area contributed by atoms with Crippen LogP contribution in [0.4, 0.5) is 0 Å². The molecule has 10 heteroatoms. The average Bonchev–Trinajstić information content (AvgIpc) is 3.32. The van der Waals surface area contributed by atoms with E-state index < -0.39 is 16.0 Å².